The van der Waals surface area contributed by atoms with Gasteiger partial charge in [0.15, 0.2) is 5.82 Å². The highest BCUT2D eigenvalue weighted by atomic mass is 32.1. The quantitative estimate of drug-likeness (QED) is 0.583. The molecule has 0 atom stereocenters. The second-order valence-electron chi connectivity index (χ2n) is 6.14. The van der Waals surface area contributed by atoms with Gasteiger partial charge in [-0.2, -0.15) is 0 Å². The number of carbonyl (C=O) groups is 1. The fraction of sp³-hybridized carbons (Fsp3) is 0.0476. The molecule has 0 unspecified atom stereocenters. The number of nitrogens with zero attached hydrogens (tertiary/aromatic N) is 3. The Morgan fingerprint density at radius 1 is 1.00 bits per heavy atom. The van der Waals surface area contributed by atoms with E-state index in [4.69, 9.17) is 0 Å². The van der Waals surface area contributed by atoms with Crippen LogP contribution < -0.4 is 15.4 Å². The largest absolute Gasteiger partial charge is 0.326 e. The Morgan fingerprint density at radius 2 is 1.75 bits per heavy atom. The Labute approximate surface area is 164 Å². The molecule has 0 radical (unpaired) electrons. The Kier molecular flexibility index (Phi) is 4.82. The molecule has 2 aromatic carbocycles. The molecule has 138 valence electrons. The lowest BCUT2D eigenvalue weighted by Gasteiger charge is -2.01. The first-order valence-electron chi connectivity index (χ1n) is 8.60. The zero-order chi connectivity index (χ0) is 19.5. The molecule has 0 saturated heterocycles. The van der Waals surface area contributed by atoms with E-state index in [1.807, 2.05) is 54.6 Å². The maximum absolute atomic E-state index is 12.8. The number of benzene rings is 2. The zero-order valence-corrected chi connectivity index (χ0v) is 15.8. The van der Waals surface area contributed by atoms with Crippen LogP contribution in [-0.4, -0.2) is 20.5 Å². The number of fused-ring (bicyclic) bond motifs is 1. The molecule has 28 heavy (non-hydrogen) atoms. The van der Waals surface area contributed by atoms with Gasteiger partial charge in [0.2, 0.25) is 10.9 Å². The average molecular weight is 388 g/mol. The van der Waals surface area contributed by atoms with Gasteiger partial charge in [-0.15, -0.1) is 10.2 Å². The van der Waals surface area contributed by atoms with Gasteiger partial charge in [0.05, 0.1) is 4.53 Å². The number of nitrogens with one attached hydrogen (secondary N) is 1. The molecule has 4 rings (SSSR count). The zero-order valence-electron chi connectivity index (χ0n) is 15.0. The van der Waals surface area contributed by atoms with E-state index < -0.39 is 0 Å². The van der Waals surface area contributed by atoms with Crippen molar-refractivity contribution in [1.29, 1.82) is 0 Å². The normalized spacial score (nSPS) is 12.1. The Balaban J connectivity index is 1.68. The SMILES string of the molecule is CC(=O)Nc1ccc(/C=c2/sc3nnc(/C=C/c4ccccc4)n3c2=O)cc1. The van der Waals surface area contributed by atoms with Gasteiger partial charge in [0, 0.05) is 12.6 Å². The second-order valence-corrected chi connectivity index (χ2v) is 7.15. The summed E-state index contributed by atoms with van der Waals surface area (Å²) in [5, 5.41) is 10.9. The molecule has 0 aliphatic rings. The van der Waals surface area contributed by atoms with Crippen molar-refractivity contribution in [2.45, 2.75) is 6.92 Å². The molecule has 2 heterocycles. The number of carbonyl (C=O) groups excluding carboxylic acids is 1. The topological polar surface area (TPSA) is 76.4 Å². The van der Waals surface area contributed by atoms with Crippen LogP contribution in [0.3, 0.4) is 0 Å². The van der Waals surface area contributed by atoms with E-state index in [2.05, 4.69) is 15.5 Å². The average Bonchev–Trinajstić information content (AvgIpc) is 3.22. The van der Waals surface area contributed by atoms with Crippen molar-refractivity contribution in [3.8, 4) is 0 Å². The predicted octanol–water partition coefficient (Wildman–Crippen LogP) is 2.83. The van der Waals surface area contributed by atoms with Gasteiger partial charge in [-0.1, -0.05) is 59.9 Å². The Hall–Kier alpha value is -3.58. The summed E-state index contributed by atoms with van der Waals surface area (Å²) in [5.74, 6) is 0.377. The standard InChI is InChI=1S/C21H16N4O2S/c1-14(26)22-17-10-7-16(8-11-17)13-18-20(27)25-19(23-24-21(25)28-18)12-9-15-5-3-2-4-6-15/h2-13H,1H3,(H,22,26)/b12-9+,18-13+. The van der Waals surface area contributed by atoms with Gasteiger partial charge in [-0.05, 0) is 35.4 Å². The summed E-state index contributed by atoms with van der Waals surface area (Å²) in [7, 11) is 0. The van der Waals surface area contributed by atoms with Crippen LogP contribution in [0.2, 0.25) is 0 Å². The number of aromatic nitrogens is 3. The lowest BCUT2D eigenvalue weighted by Crippen LogP contribution is -2.23. The number of thiazole rings is 1. The van der Waals surface area contributed by atoms with Crippen molar-refractivity contribution in [3.05, 3.63) is 86.4 Å². The molecule has 0 bridgehead atoms. The number of amides is 1. The van der Waals surface area contributed by atoms with E-state index >= 15 is 0 Å². The monoisotopic (exact) mass is 388 g/mol. The maximum atomic E-state index is 12.8. The Bertz CT molecular complexity index is 1270. The van der Waals surface area contributed by atoms with Crippen molar-refractivity contribution in [1.82, 2.24) is 14.6 Å². The molecule has 0 aliphatic carbocycles. The van der Waals surface area contributed by atoms with Crippen LogP contribution >= 0.6 is 11.3 Å². The van der Waals surface area contributed by atoms with E-state index in [1.165, 1.54) is 22.7 Å². The number of anilines is 1. The van der Waals surface area contributed by atoms with Gasteiger partial charge >= 0.3 is 0 Å². The van der Waals surface area contributed by atoms with Crippen molar-refractivity contribution in [3.63, 3.8) is 0 Å². The highest BCUT2D eigenvalue weighted by molar-refractivity contribution is 7.15. The number of hydrogen-bond acceptors (Lipinski definition) is 5. The van der Waals surface area contributed by atoms with Crippen LogP contribution in [0.5, 0.6) is 0 Å². The Morgan fingerprint density at radius 3 is 2.46 bits per heavy atom. The van der Waals surface area contributed by atoms with Crippen LogP contribution in [0.25, 0.3) is 23.2 Å². The van der Waals surface area contributed by atoms with E-state index in [0.717, 1.165) is 11.1 Å². The number of hydrogen-bond donors (Lipinski definition) is 1. The predicted molar refractivity (Wildman–Crippen MR) is 112 cm³/mol. The van der Waals surface area contributed by atoms with Crippen molar-refractivity contribution in [2.75, 3.05) is 5.32 Å². The van der Waals surface area contributed by atoms with Gasteiger partial charge < -0.3 is 5.32 Å². The van der Waals surface area contributed by atoms with Crippen molar-refractivity contribution < 1.29 is 4.79 Å². The molecular weight excluding hydrogens is 372 g/mol. The van der Waals surface area contributed by atoms with E-state index in [0.29, 0.717) is 21.0 Å². The molecule has 2 aromatic heterocycles. The summed E-state index contributed by atoms with van der Waals surface area (Å²) in [6.45, 7) is 1.46. The third-order valence-corrected chi connectivity index (χ3v) is 4.99. The third kappa shape index (κ3) is 3.74. The highest BCUT2D eigenvalue weighted by Crippen LogP contribution is 2.11. The molecule has 4 aromatic rings. The van der Waals surface area contributed by atoms with Crippen LogP contribution in [0.1, 0.15) is 23.9 Å². The van der Waals surface area contributed by atoms with Crippen LogP contribution in [0.4, 0.5) is 5.69 Å². The molecule has 6 nitrogen and oxygen atoms in total. The van der Waals surface area contributed by atoms with E-state index in [9.17, 15) is 9.59 Å². The summed E-state index contributed by atoms with van der Waals surface area (Å²) in [4.78, 5) is 24.5. The molecule has 0 spiro atoms. The minimum Gasteiger partial charge on any atom is -0.326 e. The van der Waals surface area contributed by atoms with Gasteiger partial charge in [-0.25, -0.2) is 4.40 Å². The summed E-state index contributed by atoms with van der Waals surface area (Å²) >= 11 is 1.29. The smallest absolute Gasteiger partial charge is 0.276 e. The van der Waals surface area contributed by atoms with E-state index in [1.54, 1.807) is 18.2 Å². The first kappa shape index (κ1) is 17.8. The van der Waals surface area contributed by atoms with Crippen molar-refractivity contribution >= 4 is 46.1 Å². The van der Waals surface area contributed by atoms with Crippen molar-refractivity contribution in [2.24, 2.45) is 0 Å². The minimum absolute atomic E-state index is 0.123. The summed E-state index contributed by atoms with van der Waals surface area (Å²) in [5.41, 5.74) is 2.45. The maximum Gasteiger partial charge on any atom is 0.276 e. The lowest BCUT2D eigenvalue weighted by atomic mass is 10.2. The van der Waals surface area contributed by atoms with Crippen LogP contribution in [0, 0.1) is 0 Å². The van der Waals surface area contributed by atoms with Gasteiger partial charge in [0.25, 0.3) is 5.56 Å². The van der Waals surface area contributed by atoms with Gasteiger partial charge in [0.1, 0.15) is 0 Å². The minimum atomic E-state index is -0.149. The molecule has 0 fully saturated rings. The van der Waals surface area contributed by atoms with Crippen LogP contribution in [0.15, 0.2) is 59.4 Å². The summed E-state index contributed by atoms with van der Waals surface area (Å²) in [6.07, 6.45) is 5.50. The fourth-order valence-corrected chi connectivity index (χ4v) is 3.66. The summed E-state index contributed by atoms with van der Waals surface area (Å²) in [6, 6.07) is 17.1. The molecule has 1 amide bonds. The lowest BCUT2D eigenvalue weighted by molar-refractivity contribution is -0.114. The first-order chi connectivity index (χ1) is 13.6. The van der Waals surface area contributed by atoms with Gasteiger partial charge in [-0.3, -0.25) is 9.59 Å². The molecule has 1 N–H and O–H groups in total. The fourth-order valence-electron chi connectivity index (χ4n) is 2.74. The molecular formula is C21H16N4O2S. The molecule has 0 aliphatic heterocycles. The highest BCUT2D eigenvalue weighted by Gasteiger charge is 2.10. The molecule has 0 saturated carbocycles. The van der Waals surface area contributed by atoms with E-state index in [-0.39, 0.29) is 11.5 Å². The van der Waals surface area contributed by atoms with Crippen LogP contribution in [-0.2, 0) is 4.79 Å². The first-order valence-corrected chi connectivity index (χ1v) is 9.42. The second kappa shape index (κ2) is 7.58. The summed E-state index contributed by atoms with van der Waals surface area (Å²) < 4.78 is 2.09. The number of rotatable bonds is 4. The third-order valence-electron chi connectivity index (χ3n) is 4.03. The molecule has 7 heteroatoms.